The topological polar surface area (TPSA) is 75.4 Å². The van der Waals surface area contributed by atoms with Gasteiger partial charge < -0.3 is 5.73 Å². The first-order valence-electron chi connectivity index (χ1n) is 5.89. The van der Waals surface area contributed by atoms with E-state index in [1.165, 1.54) is 4.31 Å². The molecule has 17 heavy (non-hydrogen) atoms. The number of nitrogens with two attached hydrogens (primary N) is 1. The third-order valence-electron chi connectivity index (χ3n) is 2.80. The minimum atomic E-state index is -3.37. The molecule has 2 atom stereocenters. The average Bonchev–Trinajstić information content (AvgIpc) is 2.15. The van der Waals surface area contributed by atoms with Crippen LogP contribution in [0.25, 0.3) is 0 Å². The Morgan fingerprint density at radius 2 is 1.88 bits per heavy atom. The quantitative estimate of drug-likeness (QED) is 0.804. The number of piperidine rings is 1. The molecule has 1 saturated heterocycles. The van der Waals surface area contributed by atoms with E-state index in [0.717, 1.165) is 19.3 Å². The van der Waals surface area contributed by atoms with Gasteiger partial charge in [0.05, 0.1) is 0 Å². The fraction of sp³-hybridized carbons (Fsp3) is 1.00. The summed E-state index contributed by atoms with van der Waals surface area (Å²) in [5, 5.41) is 0. The van der Waals surface area contributed by atoms with Crippen LogP contribution in [0.2, 0.25) is 0 Å². The zero-order valence-electron chi connectivity index (χ0n) is 10.7. The van der Waals surface area contributed by atoms with Crippen molar-refractivity contribution < 1.29 is 8.42 Å². The summed E-state index contributed by atoms with van der Waals surface area (Å²) < 4.78 is 28.3. The normalized spacial score (nSPS) is 24.4. The predicted molar refractivity (Wildman–Crippen MR) is 72.4 cm³/mol. The third-order valence-corrected chi connectivity index (χ3v) is 4.64. The van der Waals surface area contributed by atoms with Crippen LogP contribution in [0.4, 0.5) is 0 Å². The van der Waals surface area contributed by atoms with Gasteiger partial charge in [-0.15, -0.1) is 12.4 Å². The smallest absolute Gasteiger partial charge is 0.279 e. The standard InChI is InChI=1S/C10H23N3O2S.ClH/c1-8(2)12-16(14,15)13-7-5-4-6-10(13)9(3)11;/h8-10,12H,4-7,11H2,1-3H3;1H. The molecule has 1 rings (SSSR count). The molecule has 0 saturated carbocycles. The molecule has 7 heteroatoms. The van der Waals surface area contributed by atoms with Crippen molar-refractivity contribution in [3.8, 4) is 0 Å². The second kappa shape index (κ2) is 6.89. The van der Waals surface area contributed by atoms with Crippen molar-refractivity contribution in [3.05, 3.63) is 0 Å². The van der Waals surface area contributed by atoms with E-state index in [0.29, 0.717) is 6.54 Å². The largest absolute Gasteiger partial charge is 0.326 e. The Labute approximate surface area is 111 Å². The first kappa shape index (κ1) is 17.1. The SMILES string of the molecule is CC(C)NS(=O)(=O)N1CCCCC1C(C)N.Cl. The van der Waals surface area contributed by atoms with E-state index < -0.39 is 10.2 Å². The zero-order valence-corrected chi connectivity index (χ0v) is 12.4. The fourth-order valence-corrected chi connectivity index (χ4v) is 3.87. The molecular formula is C10H24ClN3O2S. The summed E-state index contributed by atoms with van der Waals surface area (Å²) in [5.74, 6) is 0. The van der Waals surface area contributed by atoms with E-state index in [4.69, 9.17) is 5.73 Å². The number of hydrogen-bond donors (Lipinski definition) is 2. The molecule has 0 bridgehead atoms. The van der Waals surface area contributed by atoms with Gasteiger partial charge in [0, 0.05) is 24.7 Å². The highest BCUT2D eigenvalue weighted by atomic mass is 35.5. The van der Waals surface area contributed by atoms with E-state index in [1.807, 2.05) is 20.8 Å². The maximum Gasteiger partial charge on any atom is 0.279 e. The molecular weight excluding hydrogens is 262 g/mol. The Morgan fingerprint density at radius 3 is 2.35 bits per heavy atom. The third kappa shape index (κ3) is 4.71. The maximum absolute atomic E-state index is 12.1. The number of hydrogen-bond acceptors (Lipinski definition) is 3. The van der Waals surface area contributed by atoms with E-state index in [1.54, 1.807) is 0 Å². The molecule has 5 nitrogen and oxygen atoms in total. The van der Waals surface area contributed by atoms with Crippen LogP contribution in [0.1, 0.15) is 40.0 Å². The molecule has 0 amide bonds. The lowest BCUT2D eigenvalue weighted by atomic mass is 10.00. The summed E-state index contributed by atoms with van der Waals surface area (Å²) in [6.45, 7) is 6.09. The molecule has 0 aromatic rings. The molecule has 1 aliphatic heterocycles. The van der Waals surface area contributed by atoms with Gasteiger partial charge in [0.1, 0.15) is 0 Å². The summed E-state index contributed by atoms with van der Waals surface area (Å²) in [4.78, 5) is 0. The highest BCUT2D eigenvalue weighted by molar-refractivity contribution is 7.87. The Balaban J connectivity index is 0.00000256. The molecule has 0 aromatic heterocycles. The molecule has 1 fully saturated rings. The van der Waals surface area contributed by atoms with Gasteiger partial charge in [-0.25, -0.2) is 0 Å². The molecule has 0 spiro atoms. The molecule has 0 aliphatic carbocycles. The van der Waals surface area contributed by atoms with Gasteiger partial charge in [0.15, 0.2) is 0 Å². The monoisotopic (exact) mass is 285 g/mol. The van der Waals surface area contributed by atoms with Crippen LogP contribution >= 0.6 is 12.4 Å². The average molecular weight is 286 g/mol. The van der Waals surface area contributed by atoms with Crippen LogP contribution in [0.5, 0.6) is 0 Å². The number of halogens is 1. The van der Waals surface area contributed by atoms with E-state index in [9.17, 15) is 8.42 Å². The van der Waals surface area contributed by atoms with Crippen LogP contribution in [-0.2, 0) is 10.2 Å². The Kier molecular flexibility index (Phi) is 6.94. The summed E-state index contributed by atoms with van der Waals surface area (Å²) in [6, 6.07) is -0.269. The second-order valence-electron chi connectivity index (χ2n) is 4.81. The molecule has 0 radical (unpaired) electrons. The Hall–Kier alpha value is 0.120. The summed E-state index contributed by atoms with van der Waals surface area (Å²) in [6.07, 6.45) is 2.83. The molecule has 1 heterocycles. The molecule has 3 N–H and O–H groups in total. The van der Waals surface area contributed by atoms with Gasteiger partial charge in [-0.1, -0.05) is 6.42 Å². The number of rotatable bonds is 4. The highest BCUT2D eigenvalue weighted by Crippen LogP contribution is 2.21. The lowest BCUT2D eigenvalue weighted by Crippen LogP contribution is -2.55. The van der Waals surface area contributed by atoms with Crippen molar-refractivity contribution in [2.75, 3.05) is 6.54 Å². The molecule has 0 aromatic carbocycles. The molecule has 2 unspecified atom stereocenters. The van der Waals surface area contributed by atoms with Gasteiger partial charge in [0.25, 0.3) is 10.2 Å². The minimum Gasteiger partial charge on any atom is -0.326 e. The first-order valence-corrected chi connectivity index (χ1v) is 7.33. The predicted octanol–water partition coefficient (Wildman–Crippen LogP) is 0.853. The Morgan fingerprint density at radius 1 is 1.29 bits per heavy atom. The van der Waals surface area contributed by atoms with Crippen molar-refractivity contribution in [2.24, 2.45) is 5.73 Å². The molecule has 1 aliphatic rings. The summed E-state index contributed by atoms with van der Waals surface area (Å²) in [5.41, 5.74) is 5.85. The number of nitrogens with zero attached hydrogens (tertiary/aromatic N) is 1. The van der Waals surface area contributed by atoms with E-state index in [-0.39, 0.29) is 30.5 Å². The minimum absolute atomic E-state index is 0. The van der Waals surface area contributed by atoms with Gasteiger partial charge in [-0.2, -0.15) is 17.4 Å². The molecule has 104 valence electrons. The van der Waals surface area contributed by atoms with Crippen molar-refractivity contribution in [1.29, 1.82) is 0 Å². The lowest BCUT2D eigenvalue weighted by molar-refractivity contribution is 0.224. The summed E-state index contributed by atoms with van der Waals surface area (Å²) in [7, 11) is -3.37. The Bertz CT molecular complexity index is 320. The van der Waals surface area contributed by atoms with Crippen molar-refractivity contribution in [2.45, 2.75) is 58.2 Å². The first-order chi connectivity index (χ1) is 7.34. The van der Waals surface area contributed by atoms with E-state index in [2.05, 4.69) is 4.72 Å². The summed E-state index contributed by atoms with van der Waals surface area (Å²) >= 11 is 0. The van der Waals surface area contributed by atoms with Gasteiger partial charge in [0.2, 0.25) is 0 Å². The van der Waals surface area contributed by atoms with Crippen LogP contribution in [0.3, 0.4) is 0 Å². The maximum atomic E-state index is 12.1. The lowest BCUT2D eigenvalue weighted by Gasteiger charge is -2.37. The highest BCUT2D eigenvalue weighted by Gasteiger charge is 2.34. The number of nitrogens with one attached hydrogen (secondary N) is 1. The van der Waals surface area contributed by atoms with Crippen molar-refractivity contribution >= 4 is 22.6 Å². The van der Waals surface area contributed by atoms with Gasteiger partial charge in [-0.05, 0) is 33.6 Å². The zero-order chi connectivity index (χ0) is 12.3. The fourth-order valence-electron chi connectivity index (χ4n) is 2.12. The van der Waals surface area contributed by atoms with Gasteiger partial charge >= 0.3 is 0 Å². The van der Waals surface area contributed by atoms with Crippen molar-refractivity contribution in [1.82, 2.24) is 9.03 Å². The van der Waals surface area contributed by atoms with Crippen LogP contribution < -0.4 is 10.5 Å². The van der Waals surface area contributed by atoms with Crippen LogP contribution in [-0.4, -0.2) is 37.4 Å². The second-order valence-corrected chi connectivity index (χ2v) is 6.47. The van der Waals surface area contributed by atoms with Crippen LogP contribution in [0.15, 0.2) is 0 Å². The van der Waals surface area contributed by atoms with E-state index >= 15 is 0 Å². The van der Waals surface area contributed by atoms with Crippen molar-refractivity contribution in [3.63, 3.8) is 0 Å². The van der Waals surface area contributed by atoms with Crippen LogP contribution in [0, 0.1) is 0 Å². The van der Waals surface area contributed by atoms with Gasteiger partial charge in [-0.3, -0.25) is 0 Å².